The van der Waals surface area contributed by atoms with Gasteiger partial charge in [-0.2, -0.15) is 0 Å². The molecule has 0 saturated heterocycles. The Morgan fingerprint density at radius 3 is 2.30 bits per heavy atom. The van der Waals surface area contributed by atoms with Gasteiger partial charge in [0.2, 0.25) is 0 Å². The lowest BCUT2D eigenvalue weighted by molar-refractivity contribution is -0.384. The molecule has 0 amide bonds. The third kappa shape index (κ3) is 5.26. The van der Waals surface area contributed by atoms with Crippen LogP contribution in [-0.2, 0) is 11.3 Å². The van der Waals surface area contributed by atoms with Crippen molar-refractivity contribution in [2.45, 2.75) is 6.54 Å². The summed E-state index contributed by atoms with van der Waals surface area (Å²) in [6.45, 7) is -0.191. The second-order valence-electron chi connectivity index (χ2n) is 6.33. The van der Waals surface area contributed by atoms with Crippen LogP contribution in [0.3, 0.4) is 0 Å². The van der Waals surface area contributed by atoms with Crippen LogP contribution in [0.2, 0.25) is 0 Å². The molecular formula is C22H17FN2O5. The van der Waals surface area contributed by atoms with Crippen LogP contribution in [0, 0.1) is 15.9 Å². The molecule has 7 nitrogen and oxygen atoms in total. The first kappa shape index (κ1) is 20.7. The van der Waals surface area contributed by atoms with Crippen molar-refractivity contribution in [3.63, 3.8) is 0 Å². The molecule has 0 saturated carbocycles. The van der Waals surface area contributed by atoms with E-state index in [0.29, 0.717) is 6.54 Å². The van der Waals surface area contributed by atoms with E-state index in [1.165, 1.54) is 24.3 Å². The number of nitro groups is 1. The van der Waals surface area contributed by atoms with Crippen LogP contribution in [0.1, 0.15) is 26.3 Å². The SMILES string of the molecule is O=C(COC(=O)c1ccc(NCc2ccccc2)c([N+](=O)[O-])c1)c1ccc(F)cc1. The van der Waals surface area contributed by atoms with Gasteiger partial charge in [0.05, 0.1) is 10.5 Å². The summed E-state index contributed by atoms with van der Waals surface area (Å²) in [4.78, 5) is 35.1. The number of Topliss-reactive ketones (excluding diaryl/α,β-unsaturated/α-hetero) is 1. The summed E-state index contributed by atoms with van der Waals surface area (Å²) in [6.07, 6.45) is 0. The summed E-state index contributed by atoms with van der Waals surface area (Å²) in [5.41, 5.74) is 1.04. The van der Waals surface area contributed by atoms with Crippen molar-refractivity contribution in [1.82, 2.24) is 0 Å². The van der Waals surface area contributed by atoms with E-state index in [2.05, 4.69) is 5.32 Å². The molecule has 0 aromatic heterocycles. The maximum atomic E-state index is 12.9. The molecule has 0 bridgehead atoms. The van der Waals surface area contributed by atoms with Crippen LogP contribution in [0.4, 0.5) is 15.8 Å². The third-order valence-corrected chi connectivity index (χ3v) is 4.26. The predicted octanol–water partition coefficient (Wildman–Crippen LogP) is 4.39. The van der Waals surface area contributed by atoms with E-state index in [1.807, 2.05) is 30.3 Å². The molecule has 0 fully saturated rings. The minimum Gasteiger partial charge on any atom is -0.454 e. The molecule has 0 spiro atoms. The average molecular weight is 408 g/mol. The topological polar surface area (TPSA) is 98.5 Å². The van der Waals surface area contributed by atoms with Gasteiger partial charge in [0.25, 0.3) is 5.69 Å². The number of hydrogen-bond donors (Lipinski definition) is 1. The summed E-state index contributed by atoms with van der Waals surface area (Å²) < 4.78 is 17.9. The van der Waals surface area contributed by atoms with Crippen molar-refractivity contribution in [3.8, 4) is 0 Å². The maximum Gasteiger partial charge on any atom is 0.338 e. The number of benzene rings is 3. The van der Waals surface area contributed by atoms with Crippen molar-refractivity contribution in [3.05, 3.63) is 105 Å². The maximum absolute atomic E-state index is 12.9. The van der Waals surface area contributed by atoms with Gasteiger partial charge in [-0.3, -0.25) is 14.9 Å². The van der Waals surface area contributed by atoms with Crippen LogP contribution < -0.4 is 5.32 Å². The van der Waals surface area contributed by atoms with E-state index in [1.54, 1.807) is 0 Å². The molecule has 30 heavy (non-hydrogen) atoms. The number of anilines is 1. The smallest absolute Gasteiger partial charge is 0.338 e. The van der Waals surface area contributed by atoms with E-state index >= 15 is 0 Å². The second kappa shape index (κ2) is 9.42. The highest BCUT2D eigenvalue weighted by atomic mass is 19.1. The predicted molar refractivity (Wildman–Crippen MR) is 108 cm³/mol. The molecule has 0 heterocycles. The Hall–Kier alpha value is -4.07. The van der Waals surface area contributed by atoms with Gasteiger partial charge in [0.15, 0.2) is 12.4 Å². The Labute approximate surface area is 171 Å². The number of ketones is 1. The van der Waals surface area contributed by atoms with Crippen molar-refractivity contribution < 1.29 is 23.6 Å². The third-order valence-electron chi connectivity index (χ3n) is 4.26. The Morgan fingerprint density at radius 2 is 1.63 bits per heavy atom. The van der Waals surface area contributed by atoms with Gasteiger partial charge in [-0.05, 0) is 42.0 Å². The number of ether oxygens (including phenoxy) is 1. The molecule has 0 unspecified atom stereocenters. The summed E-state index contributed by atoms with van der Waals surface area (Å²) in [6, 6.07) is 18.0. The van der Waals surface area contributed by atoms with Gasteiger partial charge < -0.3 is 10.1 Å². The minimum absolute atomic E-state index is 0.0566. The van der Waals surface area contributed by atoms with E-state index in [4.69, 9.17) is 4.74 Å². The first-order chi connectivity index (χ1) is 14.4. The number of rotatable bonds is 8. The fourth-order valence-electron chi connectivity index (χ4n) is 2.69. The van der Waals surface area contributed by atoms with E-state index < -0.39 is 29.1 Å². The van der Waals surface area contributed by atoms with Gasteiger partial charge in [-0.1, -0.05) is 30.3 Å². The fourth-order valence-corrected chi connectivity index (χ4v) is 2.69. The molecule has 3 rings (SSSR count). The van der Waals surface area contributed by atoms with Crippen LogP contribution >= 0.6 is 0 Å². The Kier molecular flexibility index (Phi) is 6.49. The van der Waals surface area contributed by atoms with Crippen LogP contribution in [0.5, 0.6) is 0 Å². The summed E-state index contributed by atoms with van der Waals surface area (Å²) in [7, 11) is 0. The lowest BCUT2D eigenvalue weighted by atomic mass is 10.1. The Morgan fingerprint density at radius 1 is 0.967 bits per heavy atom. The fraction of sp³-hybridized carbons (Fsp3) is 0.0909. The van der Waals surface area contributed by atoms with Gasteiger partial charge in [-0.25, -0.2) is 9.18 Å². The van der Waals surface area contributed by atoms with Gasteiger partial charge in [0, 0.05) is 18.2 Å². The molecule has 3 aromatic rings. The quantitative estimate of drug-likeness (QED) is 0.257. The molecule has 152 valence electrons. The number of nitrogens with one attached hydrogen (secondary N) is 1. The Bertz CT molecular complexity index is 1070. The first-order valence-electron chi connectivity index (χ1n) is 8.96. The molecule has 1 N–H and O–H groups in total. The number of halogens is 1. The monoisotopic (exact) mass is 408 g/mol. The van der Waals surface area contributed by atoms with Gasteiger partial charge in [-0.15, -0.1) is 0 Å². The lowest BCUT2D eigenvalue weighted by Crippen LogP contribution is -2.14. The number of esters is 1. The number of carbonyl (C=O) groups excluding carboxylic acids is 2. The first-order valence-corrected chi connectivity index (χ1v) is 8.96. The zero-order chi connectivity index (χ0) is 21.5. The highest BCUT2D eigenvalue weighted by molar-refractivity contribution is 5.99. The van der Waals surface area contributed by atoms with Crippen molar-refractivity contribution in [1.29, 1.82) is 0 Å². The molecular weight excluding hydrogens is 391 g/mol. The largest absolute Gasteiger partial charge is 0.454 e. The van der Waals surface area contributed by atoms with E-state index in [-0.39, 0.29) is 22.5 Å². The molecule has 3 aromatic carbocycles. The van der Waals surface area contributed by atoms with Crippen molar-refractivity contribution >= 4 is 23.1 Å². The highest BCUT2D eigenvalue weighted by Crippen LogP contribution is 2.26. The molecule has 0 aliphatic carbocycles. The molecule has 8 heteroatoms. The summed E-state index contributed by atoms with van der Waals surface area (Å²) in [5, 5.41) is 14.4. The van der Waals surface area contributed by atoms with Crippen molar-refractivity contribution in [2.75, 3.05) is 11.9 Å². The standard InChI is InChI=1S/C22H17FN2O5/c23-18-9-6-16(7-10-18)21(26)14-30-22(27)17-8-11-19(20(12-17)25(28)29)24-13-15-4-2-1-3-5-15/h1-12,24H,13-14H2. The van der Waals surface area contributed by atoms with Crippen LogP contribution in [0.15, 0.2) is 72.8 Å². The molecule has 0 aliphatic heterocycles. The highest BCUT2D eigenvalue weighted by Gasteiger charge is 2.19. The normalized spacial score (nSPS) is 10.3. The number of nitrogens with zero attached hydrogens (tertiary/aromatic N) is 1. The number of hydrogen-bond acceptors (Lipinski definition) is 6. The zero-order valence-corrected chi connectivity index (χ0v) is 15.7. The van der Waals surface area contributed by atoms with Gasteiger partial charge >= 0.3 is 5.97 Å². The number of carbonyl (C=O) groups is 2. The number of nitro benzene ring substituents is 1. The summed E-state index contributed by atoms with van der Waals surface area (Å²) >= 11 is 0. The molecule has 0 atom stereocenters. The van der Waals surface area contributed by atoms with Crippen LogP contribution in [0.25, 0.3) is 0 Å². The molecule has 0 radical (unpaired) electrons. The summed E-state index contributed by atoms with van der Waals surface area (Å²) in [5.74, 6) is -1.88. The second-order valence-corrected chi connectivity index (χ2v) is 6.33. The van der Waals surface area contributed by atoms with E-state index in [9.17, 15) is 24.1 Å². The van der Waals surface area contributed by atoms with Crippen molar-refractivity contribution in [2.24, 2.45) is 0 Å². The van der Waals surface area contributed by atoms with Gasteiger partial charge in [0.1, 0.15) is 11.5 Å². The Balaban J connectivity index is 1.67. The lowest BCUT2D eigenvalue weighted by Gasteiger charge is -2.09. The van der Waals surface area contributed by atoms with E-state index in [0.717, 1.165) is 23.8 Å². The van der Waals surface area contributed by atoms with Crippen LogP contribution in [-0.4, -0.2) is 23.3 Å². The zero-order valence-electron chi connectivity index (χ0n) is 15.7. The molecule has 0 aliphatic rings. The minimum atomic E-state index is -0.872. The average Bonchev–Trinajstić information content (AvgIpc) is 2.76.